The minimum Gasteiger partial charge on any atom is -0.486 e. The van der Waals surface area contributed by atoms with E-state index in [0.29, 0.717) is 18.9 Å². The van der Waals surface area contributed by atoms with Crippen molar-refractivity contribution < 1.29 is 9.47 Å². The molecule has 0 radical (unpaired) electrons. The van der Waals surface area contributed by atoms with Crippen molar-refractivity contribution in [3.05, 3.63) is 47.5 Å². The SMILES string of the molecule is Cc1ccc(CN(C)c2cc3c(cc2N)OCCO3)cc1. The maximum atomic E-state index is 6.15. The van der Waals surface area contributed by atoms with E-state index < -0.39 is 0 Å². The van der Waals surface area contributed by atoms with Gasteiger partial charge in [0.05, 0.1) is 11.4 Å². The van der Waals surface area contributed by atoms with Crippen LogP contribution in [0.3, 0.4) is 0 Å². The Morgan fingerprint density at radius 1 is 1.05 bits per heavy atom. The number of nitrogens with two attached hydrogens (primary N) is 1. The average Bonchev–Trinajstić information content (AvgIpc) is 2.49. The molecule has 0 spiro atoms. The molecule has 2 N–H and O–H groups in total. The molecule has 0 unspecified atom stereocenters. The van der Waals surface area contributed by atoms with Crippen molar-refractivity contribution in [3.8, 4) is 11.5 Å². The summed E-state index contributed by atoms with van der Waals surface area (Å²) in [6.45, 7) is 4.04. The van der Waals surface area contributed by atoms with Crippen LogP contribution < -0.4 is 20.1 Å². The van der Waals surface area contributed by atoms with Crippen LogP contribution in [0.2, 0.25) is 0 Å². The molecule has 0 atom stereocenters. The van der Waals surface area contributed by atoms with Gasteiger partial charge < -0.3 is 20.1 Å². The van der Waals surface area contributed by atoms with Crippen LogP contribution in [0, 0.1) is 6.92 Å². The summed E-state index contributed by atoms with van der Waals surface area (Å²) in [6.07, 6.45) is 0. The number of benzene rings is 2. The zero-order chi connectivity index (χ0) is 14.8. The fourth-order valence-electron chi connectivity index (χ4n) is 2.48. The summed E-state index contributed by atoms with van der Waals surface area (Å²) >= 11 is 0. The van der Waals surface area contributed by atoms with Gasteiger partial charge in [-0.05, 0) is 12.5 Å². The average molecular weight is 284 g/mol. The van der Waals surface area contributed by atoms with Gasteiger partial charge in [-0.3, -0.25) is 0 Å². The third-order valence-corrected chi connectivity index (χ3v) is 3.64. The molecule has 4 nitrogen and oxygen atoms in total. The smallest absolute Gasteiger partial charge is 0.163 e. The molecule has 2 aromatic rings. The molecule has 2 aromatic carbocycles. The number of aryl methyl sites for hydroxylation is 1. The molecule has 3 rings (SSSR count). The number of hydrogen-bond acceptors (Lipinski definition) is 4. The monoisotopic (exact) mass is 284 g/mol. The summed E-state index contributed by atoms with van der Waals surface area (Å²) < 4.78 is 11.2. The molecular weight excluding hydrogens is 264 g/mol. The fraction of sp³-hybridized carbons (Fsp3) is 0.294. The maximum Gasteiger partial charge on any atom is 0.163 e. The van der Waals surface area contributed by atoms with Crippen molar-refractivity contribution >= 4 is 11.4 Å². The normalized spacial score (nSPS) is 13.0. The molecule has 21 heavy (non-hydrogen) atoms. The topological polar surface area (TPSA) is 47.7 Å². The Morgan fingerprint density at radius 3 is 2.33 bits per heavy atom. The van der Waals surface area contributed by atoms with Gasteiger partial charge in [0.1, 0.15) is 13.2 Å². The van der Waals surface area contributed by atoms with Gasteiger partial charge in [-0.2, -0.15) is 0 Å². The van der Waals surface area contributed by atoms with Crippen molar-refractivity contribution in [2.45, 2.75) is 13.5 Å². The quantitative estimate of drug-likeness (QED) is 0.880. The zero-order valence-electron chi connectivity index (χ0n) is 12.4. The number of fused-ring (bicyclic) bond motifs is 1. The van der Waals surface area contributed by atoms with E-state index in [1.165, 1.54) is 11.1 Å². The summed E-state index contributed by atoms with van der Waals surface area (Å²) in [5.41, 5.74) is 10.3. The minimum absolute atomic E-state index is 0.574. The highest BCUT2D eigenvalue weighted by molar-refractivity contribution is 5.73. The molecule has 1 aliphatic heterocycles. The van der Waals surface area contributed by atoms with Crippen molar-refractivity contribution in [2.24, 2.45) is 0 Å². The first kappa shape index (κ1) is 13.6. The summed E-state index contributed by atoms with van der Waals surface area (Å²) in [4.78, 5) is 2.12. The lowest BCUT2D eigenvalue weighted by Crippen LogP contribution is -2.20. The van der Waals surface area contributed by atoms with Crippen molar-refractivity contribution in [1.29, 1.82) is 0 Å². The van der Waals surface area contributed by atoms with E-state index >= 15 is 0 Å². The van der Waals surface area contributed by atoms with Gasteiger partial charge in [0.25, 0.3) is 0 Å². The second-order valence-corrected chi connectivity index (χ2v) is 5.40. The van der Waals surface area contributed by atoms with Crippen LogP contribution >= 0.6 is 0 Å². The molecule has 0 aliphatic carbocycles. The van der Waals surface area contributed by atoms with Gasteiger partial charge in [0.2, 0.25) is 0 Å². The second kappa shape index (κ2) is 5.56. The molecule has 1 heterocycles. The Kier molecular flexibility index (Phi) is 3.60. The Morgan fingerprint density at radius 2 is 1.67 bits per heavy atom. The number of nitrogens with zero attached hydrogens (tertiary/aromatic N) is 1. The highest BCUT2D eigenvalue weighted by Crippen LogP contribution is 2.38. The molecule has 0 saturated heterocycles. The molecule has 110 valence electrons. The molecule has 4 heteroatoms. The molecular formula is C17H20N2O2. The highest BCUT2D eigenvalue weighted by Gasteiger charge is 2.16. The van der Waals surface area contributed by atoms with Crippen LogP contribution in [0.25, 0.3) is 0 Å². The third-order valence-electron chi connectivity index (χ3n) is 3.64. The Labute approximate surface area is 125 Å². The van der Waals surface area contributed by atoms with E-state index in [1.807, 2.05) is 19.2 Å². The number of hydrogen-bond donors (Lipinski definition) is 1. The lowest BCUT2D eigenvalue weighted by atomic mass is 10.1. The number of rotatable bonds is 3. The summed E-state index contributed by atoms with van der Waals surface area (Å²) in [5.74, 6) is 1.49. The van der Waals surface area contributed by atoms with Gasteiger partial charge in [-0.15, -0.1) is 0 Å². The van der Waals surface area contributed by atoms with Crippen LogP contribution in [0.15, 0.2) is 36.4 Å². The maximum absolute atomic E-state index is 6.15. The lowest BCUT2D eigenvalue weighted by molar-refractivity contribution is 0.172. The molecule has 0 fully saturated rings. The number of anilines is 2. The van der Waals surface area contributed by atoms with Crippen LogP contribution in [0.5, 0.6) is 11.5 Å². The van der Waals surface area contributed by atoms with Crippen molar-refractivity contribution in [3.63, 3.8) is 0 Å². The van der Waals surface area contributed by atoms with Gasteiger partial charge >= 0.3 is 0 Å². The molecule has 0 saturated carbocycles. The molecule has 0 bridgehead atoms. The van der Waals surface area contributed by atoms with Crippen LogP contribution in [0.4, 0.5) is 11.4 Å². The second-order valence-electron chi connectivity index (χ2n) is 5.40. The lowest BCUT2D eigenvalue weighted by Gasteiger charge is -2.25. The van der Waals surface area contributed by atoms with E-state index in [1.54, 1.807) is 0 Å². The van der Waals surface area contributed by atoms with E-state index in [4.69, 9.17) is 15.2 Å². The van der Waals surface area contributed by atoms with E-state index in [2.05, 4.69) is 36.1 Å². The molecule has 1 aliphatic rings. The molecule has 0 aromatic heterocycles. The summed E-state index contributed by atoms with van der Waals surface area (Å²) in [7, 11) is 2.03. The summed E-state index contributed by atoms with van der Waals surface area (Å²) in [5, 5.41) is 0. The standard InChI is InChI=1S/C17H20N2O2/c1-12-3-5-13(6-4-12)11-19(2)15-10-17-16(9-14(15)18)20-7-8-21-17/h3-6,9-10H,7-8,11,18H2,1-2H3. The third kappa shape index (κ3) is 2.89. The van der Waals surface area contributed by atoms with E-state index in [9.17, 15) is 0 Å². The molecule has 0 amide bonds. The Bertz CT molecular complexity index is 638. The predicted octanol–water partition coefficient (Wildman–Crippen LogP) is 2.98. The summed E-state index contributed by atoms with van der Waals surface area (Å²) in [6, 6.07) is 12.3. The Hall–Kier alpha value is -2.36. The Balaban J connectivity index is 1.83. The zero-order valence-corrected chi connectivity index (χ0v) is 12.4. The van der Waals surface area contributed by atoms with Gasteiger partial charge in [0.15, 0.2) is 11.5 Å². The number of ether oxygens (including phenoxy) is 2. The van der Waals surface area contributed by atoms with Gasteiger partial charge in [0, 0.05) is 25.7 Å². The van der Waals surface area contributed by atoms with Gasteiger partial charge in [-0.25, -0.2) is 0 Å². The minimum atomic E-state index is 0.574. The predicted molar refractivity (Wildman–Crippen MR) is 85.1 cm³/mol. The van der Waals surface area contributed by atoms with Crippen molar-refractivity contribution in [1.82, 2.24) is 0 Å². The highest BCUT2D eigenvalue weighted by atomic mass is 16.6. The van der Waals surface area contributed by atoms with E-state index in [0.717, 1.165) is 23.7 Å². The first-order valence-electron chi connectivity index (χ1n) is 7.09. The fourth-order valence-corrected chi connectivity index (χ4v) is 2.48. The number of nitrogen functional groups attached to an aromatic ring is 1. The van der Waals surface area contributed by atoms with Crippen LogP contribution in [-0.2, 0) is 6.54 Å². The van der Waals surface area contributed by atoms with Crippen LogP contribution in [-0.4, -0.2) is 20.3 Å². The first-order chi connectivity index (χ1) is 10.1. The van der Waals surface area contributed by atoms with Gasteiger partial charge in [-0.1, -0.05) is 29.8 Å². The largest absolute Gasteiger partial charge is 0.486 e. The van der Waals surface area contributed by atoms with Crippen LogP contribution in [0.1, 0.15) is 11.1 Å². The van der Waals surface area contributed by atoms with E-state index in [-0.39, 0.29) is 0 Å². The van der Waals surface area contributed by atoms with Crippen molar-refractivity contribution in [2.75, 3.05) is 30.9 Å². The first-order valence-corrected chi connectivity index (χ1v) is 7.09.